The standard InChI is InChI=1S/C12H23NO3/c1-5-7-8-9-12(4,11(15)16)13(6-2)10(3)14/h5-9H2,1-4H3,(H,15,16). The molecule has 0 aliphatic heterocycles. The van der Waals surface area contributed by atoms with E-state index < -0.39 is 11.5 Å². The van der Waals surface area contributed by atoms with Crippen LogP contribution in [0.25, 0.3) is 0 Å². The van der Waals surface area contributed by atoms with Gasteiger partial charge in [-0.2, -0.15) is 0 Å². The first-order chi connectivity index (χ1) is 7.40. The molecule has 0 fully saturated rings. The van der Waals surface area contributed by atoms with Crippen molar-refractivity contribution in [1.29, 1.82) is 0 Å². The maximum atomic E-state index is 11.4. The summed E-state index contributed by atoms with van der Waals surface area (Å²) in [5.74, 6) is -1.09. The van der Waals surface area contributed by atoms with E-state index in [0.29, 0.717) is 13.0 Å². The van der Waals surface area contributed by atoms with Crippen molar-refractivity contribution in [3.8, 4) is 0 Å². The van der Waals surface area contributed by atoms with Gasteiger partial charge in [0.15, 0.2) is 0 Å². The van der Waals surface area contributed by atoms with Gasteiger partial charge in [0.2, 0.25) is 5.91 Å². The monoisotopic (exact) mass is 229 g/mol. The summed E-state index contributed by atoms with van der Waals surface area (Å²) in [7, 11) is 0. The Morgan fingerprint density at radius 1 is 1.25 bits per heavy atom. The van der Waals surface area contributed by atoms with Gasteiger partial charge in [0.1, 0.15) is 5.54 Å². The average Bonchev–Trinajstić information content (AvgIpc) is 2.18. The van der Waals surface area contributed by atoms with E-state index in [9.17, 15) is 14.7 Å². The van der Waals surface area contributed by atoms with Gasteiger partial charge in [0, 0.05) is 13.5 Å². The van der Waals surface area contributed by atoms with E-state index in [2.05, 4.69) is 6.92 Å². The molecule has 0 saturated heterocycles. The van der Waals surface area contributed by atoms with E-state index in [1.165, 1.54) is 11.8 Å². The third-order valence-corrected chi connectivity index (χ3v) is 3.02. The fraction of sp³-hybridized carbons (Fsp3) is 0.833. The van der Waals surface area contributed by atoms with Crippen molar-refractivity contribution >= 4 is 11.9 Å². The number of unbranched alkanes of at least 4 members (excludes halogenated alkanes) is 2. The van der Waals surface area contributed by atoms with Gasteiger partial charge in [-0.1, -0.05) is 26.2 Å². The van der Waals surface area contributed by atoms with Crippen molar-refractivity contribution in [2.45, 2.75) is 58.9 Å². The minimum absolute atomic E-state index is 0.177. The zero-order valence-corrected chi connectivity index (χ0v) is 10.7. The summed E-state index contributed by atoms with van der Waals surface area (Å²) in [5, 5.41) is 9.29. The van der Waals surface area contributed by atoms with E-state index in [0.717, 1.165) is 19.3 Å². The first kappa shape index (κ1) is 14.9. The lowest BCUT2D eigenvalue weighted by molar-refractivity contribution is -0.157. The Balaban J connectivity index is 4.78. The highest BCUT2D eigenvalue weighted by atomic mass is 16.4. The average molecular weight is 229 g/mol. The van der Waals surface area contributed by atoms with Gasteiger partial charge in [-0.3, -0.25) is 4.79 Å². The summed E-state index contributed by atoms with van der Waals surface area (Å²) in [4.78, 5) is 24.2. The topological polar surface area (TPSA) is 57.6 Å². The summed E-state index contributed by atoms with van der Waals surface area (Å²) in [6.07, 6.45) is 3.40. The third-order valence-electron chi connectivity index (χ3n) is 3.02. The molecule has 1 amide bonds. The Kier molecular flexibility index (Phi) is 6.08. The maximum Gasteiger partial charge on any atom is 0.329 e. The Morgan fingerprint density at radius 2 is 1.81 bits per heavy atom. The molecule has 1 unspecified atom stereocenters. The number of hydrogen-bond acceptors (Lipinski definition) is 2. The molecule has 0 bridgehead atoms. The fourth-order valence-electron chi connectivity index (χ4n) is 2.00. The maximum absolute atomic E-state index is 11.4. The minimum atomic E-state index is -1.06. The van der Waals surface area contributed by atoms with Crippen molar-refractivity contribution in [3.63, 3.8) is 0 Å². The Bertz CT molecular complexity index is 253. The molecule has 1 N–H and O–H groups in total. The van der Waals surface area contributed by atoms with Gasteiger partial charge >= 0.3 is 5.97 Å². The molecule has 0 aromatic rings. The minimum Gasteiger partial charge on any atom is -0.480 e. The summed E-state index contributed by atoms with van der Waals surface area (Å²) >= 11 is 0. The second-order valence-corrected chi connectivity index (χ2v) is 4.30. The second-order valence-electron chi connectivity index (χ2n) is 4.30. The number of aliphatic carboxylic acids is 1. The molecule has 16 heavy (non-hydrogen) atoms. The van der Waals surface area contributed by atoms with Gasteiger partial charge in [0.05, 0.1) is 0 Å². The van der Waals surface area contributed by atoms with Gasteiger partial charge < -0.3 is 10.0 Å². The molecule has 0 saturated carbocycles. The lowest BCUT2D eigenvalue weighted by Crippen LogP contribution is -2.54. The molecule has 0 heterocycles. The van der Waals surface area contributed by atoms with Crippen LogP contribution in [0.1, 0.15) is 53.4 Å². The lowest BCUT2D eigenvalue weighted by atomic mass is 9.92. The van der Waals surface area contributed by atoms with Gasteiger partial charge in [0.25, 0.3) is 0 Å². The van der Waals surface area contributed by atoms with E-state index in [1.807, 2.05) is 6.92 Å². The van der Waals surface area contributed by atoms with Crippen LogP contribution < -0.4 is 0 Å². The van der Waals surface area contributed by atoms with Crippen molar-refractivity contribution in [3.05, 3.63) is 0 Å². The number of nitrogens with zero attached hydrogens (tertiary/aromatic N) is 1. The van der Waals surface area contributed by atoms with Crippen LogP contribution in [-0.2, 0) is 9.59 Å². The first-order valence-corrected chi connectivity index (χ1v) is 5.91. The molecule has 0 aromatic carbocycles. The zero-order chi connectivity index (χ0) is 12.8. The summed E-state index contributed by atoms with van der Waals surface area (Å²) < 4.78 is 0. The van der Waals surface area contributed by atoms with E-state index in [-0.39, 0.29) is 5.91 Å². The first-order valence-electron chi connectivity index (χ1n) is 5.91. The predicted octanol–water partition coefficient (Wildman–Crippen LogP) is 2.28. The predicted molar refractivity (Wildman–Crippen MR) is 63.2 cm³/mol. The smallest absolute Gasteiger partial charge is 0.329 e. The molecular formula is C12H23NO3. The number of rotatable bonds is 7. The van der Waals surface area contributed by atoms with Crippen molar-refractivity contribution in [2.24, 2.45) is 0 Å². The van der Waals surface area contributed by atoms with Crippen LogP contribution in [0.2, 0.25) is 0 Å². The molecule has 0 radical (unpaired) electrons. The van der Waals surface area contributed by atoms with Crippen LogP contribution in [0.5, 0.6) is 0 Å². The second kappa shape index (κ2) is 6.51. The molecule has 0 spiro atoms. The Hall–Kier alpha value is -1.06. The number of hydrogen-bond donors (Lipinski definition) is 1. The van der Waals surface area contributed by atoms with Crippen molar-refractivity contribution < 1.29 is 14.7 Å². The van der Waals surface area contributed by atoms with E-state index >= 15 is 0 Å². The van der Waals surface area contributed by atoms with Crippen LogP contribution in [0, 0.1) is 0 Å². The Morgan fingerprint density at radius 3 is 2.12 bits per heavy atom. The molecule has 0 rings (SSSR count). The number of carbonyl (C=O) groups excluding carboxylic acids is 1. The summed E-state index contributed by atoms with van der Waals surface area (Å²) in [6, 6.07) is 0. The summed E-state index contributed by atoms with van der Waals surface area (Å²) in [6.45, 7) is 7.37. The SMILES string of the molecule is CCCCCC(C)(C(=O)O)N(CC)C(C)=O. The van der Waals surface area contributed by atoms with Crippen LogP contribution in [-0.4, -0.2) is 34.0 Å². The molecular weight excluding hydrogens is 206 g/mol. The quantitative estimate of drug-likeness (QED) is 0.681. The number of amides is 1. The molecule has 94 valence electrons. The molecule has 1 atom stereocenters. The third kappa shape index (κ3) is 3.51. The number of carbonyl (C=O) groups is 2. The Labute approximate surface area is 97.6 Å². The molecule has 4 heteroatoms. The zero-order valence-electron chi connectivity index (χ0n) is 10.7. The lowest BCUT2D eigenvalue weighted by Gasteiger charge is -2.36. The highest BCUT2D eigenvalue weighted by molar-refractivity contribution is 5.85. The van der Waals surface area contributed by atoms with Crippen LogP contribution in [0.4, 0.5) is 0 Å². The number of carboxylic acid groups (broad SMARTS) is 1. The molecule has 4 nitrogen and oxygen atoms in total. The fourth-order valence-corrected chi connectivity index (χ4v) is 2.00. The summed E-state index contributed by atoms with van der Waals surface area (Å²) in [5.41, 5.74) is -1.06. The van der Waals surface area contributed by atoms with Gasteiger partial charge in [-0.15, -0.1) is 0 Å². The van der Waals surface area contributed by atoms with Crippen LogP contribution in [0.15, 0.2) is 0 Å². The molecule has 0 aliphatic carbocycles. The van der Waals surface area contributed by atoms with Crippen LogP contribution >= 0.6 is 0 Å². The van der Waals surface area contributed by atoms with Crippen molar-refractivity contribution in [2.75, 3.05) is 6.54 Å². The van der Waals surface area contributed by atoms with Gasteiger partial charge in [-0.05, 0) is 20.3 Å². The molecule has 0 aromatic heterocycles. The van der Waals surface area contributed by atoms with Crippen molar-refractivity contribution in [1.82, 2.24) is 4.90 Å². The van der Waals surface area contributed by atoms with E-state index in [1.54, 1.807) is 6.92 Å². The normalized spacial score (nSPS) is 14.2. The number of carboxylic acids is 1. The highest BCUT2D eigenvalue weighted by Crippen LogP contribution is 2.23. The van der Waals surface area contributed by atoms with Crippen LogP contribution in [0.3, 0.4) is 0 Å². The number of likely N-dealkylation sites (N-methyl/N-ethyl adjacent to an activating group) is 1. The highest BCUT2D eigenvalue weighted by Gasteiger charge is 2.39. The van der Waals surface area contributed by atoms with Gasteiger partial charge in [-0.25, -0.2) is 4.79 Å². The van der Waals surface area contributed by atoms with E-state index in [4.69, 9.17) is 0 Å². The largest absolute Gasteiger partial charge is 0.480 e. The molecule has 0 aliphatic rings.